The molecule has 0 saturated carbocycles. The number of amides is 2. The lowest BCUT2D eigenvalue weighted by molar-refractivity contribution is -0.122. The number of nitrogens with one attached hydrogen (secondary N) is 1. The van der Waals surface area contributed by atoms with Crippen molar-refractivity contribution in [3.05, 3.63) is 85.1 Å². The quantitative estimate of drug-likeness (QED) is 0.341. The van der Waals surface area contributed by atoms with Crippen LogP contribution in [0.5, 0.6) is 17.2 Å². The third-order valence-corrected chi connectivity index (χ3v) is 7.12. The second-order valence-electron chi connectivity index (χ2n) is 9.94. The Morgan fingerprint density at radius 3 is 2.69 bits per heavy atom. The van der Waals surface area contributed by atoms with Crippen molar-refractivity contribution in [2.24, 2.45) is 0 Å². The maximum Gasteiger partial charge on any atom is 0.415 e. The van der Waals surface area contributed by atoms with Crippen molar-refractivity contribution in [1.29, 1.82) is 0 Å². The van der Waals surface area contributed by atoms with Gasteiger partial charge >= 0.3 is 6.09 Å². The number of carbonyl (C=O) groups excluding carboxylic acids is 2. The Morgan fingerprint density at radius 2 is 1.86 bits per heavy atom. The molecule has 1 unspecified atom stereocenters. The van der Waals surface area contributed by atoms with Crippen molar-refractivity contribution < 1.29 is 23.8 Å². The van der Waals surface area contributed by atoms with Crippen molar-refractivity contribution >= 4 is 17.8 Å². The van der Waals surface area contributed by atoms with E-state index in [1.165, 1.54) is 0 Å². The topological polar surface area (TPSA) is 124 Å². The van der Waals surface area contributed by atoms with Crippen molar-refractivity contribution in [3.63, 3.8) is 0 Å². The number of imidazole rings is 1. The van der Waals surface area contributed by atoms with E-state index in [0.717, 1.165) is 17.1 Å². The van der Waals surface area contributed by atoms with E-state index in [-0.39, 0.29) is 12.3 Å². The zero-order valence-corrected chi connectivity index (χ0v) is 23.0. The number of rotatable bonds is 8. The Bertz CT molecular complexity index is 1520. The SMILES string of the molecule is O=C(CC1CN(c2ccnc(-n3ccnc3)n2)CCN1C(=O)Oc1ccccc1)NCCc1ccc2c(c1)OCCO2. The minimum absolute atomic E-state index is 0.112. The van der Waals surface area contributed by atoms with E-state index < -0.39 is 12.1 Å². The largest absolute Gasteiger partial charge is 0.486 e. The first-order chi connectivity index (χ1) is 20.6. The van der Waals surface area contributed by atoms with E-state index in [1.807, 2.05) is 30.3 Å². The molecule has 2 aliphatic rings. The molecule has 0 spiro atoms. The average Bonchev–Trinajstić information content (AvgIpc) is 3.57. The van der Waals surface area contributed by atoms with Crippen LogP contribution in [0, 0.1) is 0 Å². The third kappa shape index (κ3) is 6.43. The summed E-state index contributed by atoms with van der Waals surface area (Å²) in [6.07, 6.45) is 7.02. The molecule has 2 aromatic heterocycles. The molecule has 1 atom stereocenters. The second kappa shape index (κ2) is 12.6. The van der Waals surface area contributed by atoms with Gasteiger partial charge in [-0.1, -0.05) is 24.3 Å². The number of fused-ring (bicyclic) bond motifs is 1. The maximum atomic E-state index is 13.2. The predicted octanol–water partition coefficient (Wildman–Crippen LogP) is 2.87. The van der Waals surface area contributed by atoms with E-state index in [2.05, 4.69) is 25.2 Å². The molecule has 6 rings (SSSR count). The number of benzene rings is 2. The lowest BCUT2D eigenvalue weighted by atomic mass is 10.1. The molecule has 12 heteroatoms. The van der Waals surface area contributed by atoms with Gasteiger partial charge in [0.25, 0.3) is 0 Å². The van der Waals surface area contributed by atoms with Crippen molar-refractivity contribution in [3.8, 4) is 23.2 Å². The Balaban J connectivity index is 1.12. The van der Waals surface area contributed by atoms with Crippen molar-refractivity contribution in [2.75, 3.05) is 44.3 Å². The smallest absolute Gasteiger partial charge is 0.415 e. The molecular formula is C30H31N7O5. The van der Waals surface area contributed by atoms with Gasteiger partial charge in [0.2, 0.25) is 11.9 Å². The average molecular weight is 570 g/mol. The lowest BCUT2D eigenvalue weighted by Gasteiger charge is -2.41. The molecule has 0 bridgehead atoms. The molecule has 1 saturated heterocycles. The van der Waals surface area contributed by atoms with Gasteiger partial charge in [-0.05, 0) is 42.3 Å². The molecular weight excluding hydrogens is 538 g/mol. The van der Waals surface area contributed by atoms with Gasteiger partial charge in [0.15, 0.2) is 11.5 Å². The van der Waals surface area contributed by atoms with E-state index >= 15 is 0 Å². The van der Waals surface area contributed by atoms with Crippen LogP contribution in [0.4, 0.5) is 10.6 Å². The number of anilines is 1. The highest BCUT2D eigenvalue weighted by molar-refractivity contribution is 5.78. The van der Waals surface area contributed by atoms with Crippen LogP contribution in [-0.2, 0) is 11.2 Å². The Morgan fingerprint density at radius 1 is 1.00 bits per heavy atom. The van der Waals surface area contributed by atoms with E-state index in [4.69, 9.17) is 14.2 Å². The Labute approximate surface area is 242 Å². The summed E-state index contributed by atoms with van der Waals surface area (Å²) < 4.78 is 18.6. The number of hydrogen-bond acceptors (Lipinski definition) is 9. The number of nitrogens with zero attached hydrogens (tertiary/aromatic N) is 6. The summed E-state index contributed by atoms with van der Waals surface area (Å²) in [4.78, 5) is 43.1. The minimum atomic E-state index is -0.489. The van der Waals surface area contributed by atoms with Crippen LogP contribution in [0.3, 0.4) is 0 Å². The van der Waals surface area contributed by atoms with Gasteiger partial charge in [-0.15, -0.1) is 0 Å². The van der Waals surface area contributed by atoms with E-state index in [9.17, 15) is 9.59 Å². The van der Waals surface area contributed by atoms with Gasteiger partial charge in [-0.2, -0.15) is 4.98 Å². The molecule has 216 valence electrons. The molecule has 4 aromatic rings. The van der Waals surface area contributed by atoms with Gasteiger partial charge in [-0.25, -0.2) is 14.8 Å². The summed E-state index contributed by atoms with van der Waals surface area (Å²) >= 11 is 0. The highest BCUT2D eigenvalue weighted by Gasteiger charge is 2.34. The molecule has 42 heavy (non-hydrogen) atoms. The van der Waals surface area contributed by atoms with Crippen LogP contribution >= 0.6 is 0 Å². The number of ether oxygens (including phenoxy) is 3. The maximum absolute atomic E-state index is 13.2. The standard InChI is InChI=1S/C30H31N7O5/c38-28(32-10-8-22-6-7-25-26(18-22)41-17-16-40-25)19-23-20-35(27-9-11-33-29(34-27)36-13-12-31-21-36)14-15-37(23)30(39)42-24-4-2-1-3-5-24/h1-7,9,11-13,18,21,23H,8,10,14-17,19-20H2,(H,32,38). The van der Waals surface area contributed by atoms with Crippen LogP contribution in [0.2, 0.25) is 0 Å². The highest BCUT2D eigenvalue weighted by atomic mass is 16.6. The lowest BCUT2D eigenvalue weighted by Crippen LogP contribution is -2.57. The highest BCUT2D eigenvalue weighted by Crippen LogP contribution is 2.30. The fourth-order valence-electron chi connectivity index (χ4n) is 5.02. The predicted molar refractivity (Wildman–Crippen MR) is 153 cm³/mol. The first-order valence-electron chi connectivity index (χ1n) is 13.9. The van der Waals surface area contributed by atoms with Crippen molar-refractivity contribution in [1.82, 2.24) is 29.7 Å². The minimum Gasteiger partial charge on any atom is -0.486 e. The molecule has 0 aliphatic carbocycles. The molecule has 2 amide bonds. The number of carbonyl (C=O) groups is 2. The fraction of sp³-hybridized carbons (Fsp3) is 0.300. The molecule has 12 nitrogen and oxygen atoms in total. The van der Waals surface area contributed by atoms with Gasteiger partial charge < -0.3 is 29.3 Å². The summed E-state index contributed by atoms with van der Waals surface area (Å²) in [7, 11) is 0. The van der Waals surface area contributed by atoms with Crippen LogP contribution in [-0.4, -0.2) is 81.9 Å². The first kappa shape index (κ1) is 27.1. The molecule has 1 N–H and O–H groups in total. The van der Waals surface area contributed by atoms with Gasteiger partial charge in [0.1, 0.15) is 31.1 Å². The molecule has 4 heterocycles. The van der Waals surface area contributed by atoms with Gasteiger partial charge in [0, 0.05) is 51.2 Å². The second-order valence-corrected chi connectivity index (χ2v) is 9.94. The summed E-state index contributed by atoms with van der Waals surface area (Å²) in [6.45, 7) is 2.80. The summed E-state index contributed by atoms with van der Waals surface area (Å²) in [5.74, 6) is 2.95. The summed E-state index contributed by atoms with van der Waals surface area (Å²) in [6, 6.07) is 16.1. The van der Waals surface area contributed by atoms with Crippen LogP contribution < -0.4 is 24.4 Å². The first-order valence-corrected chi connectivity index (χ1v) is 13.9. The zero-order valence-electron chi connectivity index (χ0n) is 23.0. The van der Waals surface area contributed by atoms with Crippen molar-refractivity contribution in [2.45, 2.75) is 18.9 Å². The van der Waals surface area contributed by atoms with Crippen LogP contribution in [0.1, 0.15) is 12.0 Å². The molecule has 1 fully saturated rings. The number of para-hydroxylation sites is 1. The Hall–Kier alpha value is -5.13. The van der Waals surface area contributed by atoms with E-state index in [0.29, 0.717) is 63.3 Å². The molecule has 0 radical (unpaired) electrons. The number of hydrogen-bond donors (Lipinski definition) is 1. The van der Waals surface area contributed by atoms with Crippen LogP contribution in [0.25, 0.3) is 5.95 Å². The normalized spacial score (nSPS) is 16.1. The fourth-order valence-corrected chi connectivity index (χ4v) is 5.02. The van der Waals surface area contributed by atoms with E-state index in [1.54, 1.807) is 58.7 Å². The van der Waals surface area contributed by atoms with Gasteiger partial charge in [-0.3, -0.25) is 9.36 Å². The molecule has 2 aliphatic heterocycles. The monoisotopic (exact) mass is 569 g/mol. The number of aromatic nitrogens is 4. The van der Waals surface area contributed by atoms with Gasteiger partial charge in [0.05, 0.1) is 6.04 Å². The summed E-state index contributed by atoms with van der Waals surface area (Å²) in [5, 5.41) is 3.01. The number of piperazine rings is 1. The Kier molecular flexibility index (Phi) is 8.11. The third-order valence-electron chi connectivity index (χ3n) is 7.12. The zero-order chi connectivity index (χ0) is 28.7. The summed E-state index contributed by atoms with van der Waals surface area (Å²) in [5.41, 5.74) is 1.04. The molecule has 2 aromatic carbocycles. The van der Waals surface area contributed by atoms with Crippen LogP contribution in [0.15, 0.2) is 79.5 Å².